The zero-order valence-electron chi connectivity index (χ0n) is 16.1. The van der Waals surface area contributed by atoms with E-state index in [1.807, 2.05) is 30.5 Å². The van der Waals surface area contributed by atoms with Crippen molar-refractivity contribution in [3.05, 3.63) is 52.6 Å². The molecule has 1 aliphatic rings. The maximum absolute atomic E-state index is 12.0. The molecule has 1 N–H and O–H groups in total. The summed E-state index contributed by atoms with van der Waals surface area (Å²) in [6.45, 7) is 2.83. The number of aromatic nitrogens is 3. The largest absolute Gasteiger partial charge is 0.354 e. The van der Waals surface area contributed by atoms with Crippen LogP contribution in [-0.4, -0.2) is 46.4 Å². The second kappa shape index (κ2) is 6.75. The summed E-state index contributed by atoms with van der Waals surface area (Å²) in [5.41, 5.74) is 3.09. The normalized spacial score (nSPS) is 18.0. The third kappa shape index (κ3) is 3.31. The van der Waals surface area contributed by atoms with Gasteiger partial charge in [0.2, 0.25) is 10.0 Å². The molecule has 0 bridgehead atoms. The number of rotatable bonds is 4. The van der Waals surface area contributed by atoms with E-state index in [-0.39, 0.29) is 11.6 Å². The van der Waals surface area contributed by atoms with E-state index in [1.54, 1.807) is 20.2 Å². The van der Waals surface area contributed by atoms with E-state index in [9.17, 15) is 13.2 Å². The third-order valence-electron chi connectivity index (χ3n) is 5.37. The van der Waals surface area contributed by atoms with E-state index in [2.05, 4.69) is 15.0 Å². The first-order valence-corrected chi connectivity index (χ1v) is 10.9. The predicted molar refractivity (Wildman–Crippen MR) is 110 cm³/mol. The molecule has 0 radical (unpaired) electrons. The Bertz CT molecular complexity index is 1210. The van der Waals surface area contributed by atoms with Crippen LogP contribution in [0.25, 0.3) is 10.9 Å². The fourth-order valence-electron chi connectivity index (χ4n) is 3.73. The van der Waals surface area contributed by atoms with Crippen molar-refractivity contribution in [2.45, 2.75) is 19.4 Å². The average Bonchev–Trinajstić information content (AvgIpc) is 3.28. The quantitative estimate of drug-likeness (QED) is 0.722. The molecule has 28 heavy (non-hydrogen) atoms. The molecule has 8 nitrogen and oxygen atoms in total. The van der Waals surface area contributed by atoms with Crippen LogP contribution < -0.4 is 10.9 Å². The van der Waals surface area contributed by atoms with Crippen molar-refractivity contribution in [2.75, 3.05) is 24.7 Å². The standard InChI is InChI=1S/C19H23N5O3S/c1-13-17(11-20-22(2)19(13)25)21-15-4-5-18-14(10-15)6-9-24(18)16-7-8-23(12-16)28(3,26)27/h4-6,9-11,16,21H,7-8,12H2,1-3H3. The summed E-state index contributed by atoms with van der Waals surface area (Å²) >= 11 is 0. The van der Waals surface area contributed by atoms with Crippen molar-refractivity contribution < 1.29 is 8.42 Å². The van der Waals surface area contributed by atoms with Gasteiger partial charge in [0.1, 0.15) is 0 Å². The molecule has 3 aromatic rings. The molecule has 0 saturated carbocycles. The Morgan fingerprint density at radius 2 is 2.04 bits per heavy atom. The monoisotopic (exact) mass is 401 g/mol. The van der Waals surface area contributed by atoms with Crippen LogP contribution in [0.4, 0.5) is 11.4 Å². The Kier molecular flexibility index (Phi) is 4.51. The molecule has 1 unspecified atom stereocenters. The highest BCUT2D eigenvalue weighted by Gasteiger charge is 2.29. The summed E-state index contributed by atoms with van der Waals surface area (Å²) in [5.74, 6) is 0. The molecule has 1 fully saturated rings. The number of fused-ring (bicyclic) bond motifs is 1. The average molecular weight is 401 g/mol. The van der Waals surface area contributed by atoms with Gasteiger partial charge in [0.15, 0.2) is 0 Å². The van der Waals surface area contributed by atoms with Gasteiger partial charge in [-0.1, -0.05) is 0 Å². The predicted octanol–water partition coefficient (Wildman–Crippen LogP) is 1.99. The second-order valence-corrected chi connectivity index (χ2v) is 9.28. The Labute approximate surface area is 163 Å². The molecule has 0 aliphatic carbocycles. The van der Waals surface area contributed by atoms with Gasteiger partial charge < -0.3 is 9.88 Å². The number of aryl methyl sites for hydroxylation is 1. The van der Waals surface area contributed by atoms with Crippen LogP contribution in [0, 0.1) is 6.92 Å². The number of anilines is 2. The molecule has 1 aliphatic heterocycles. The summed E-state index contributed by atoms with van der Waals surface area (Å²) in [6, 6.07) is 8.16. The molecule has 148 valence electrons. The number of nitrogens with zero attached hydrogens (tertiary/aromatic N) is 4. The molecule has 1 saturated heterocycles. The Morgan fingerprint density at radius 1 is 1.25 bits per heavy atom. The SMILES string of the molecule is Cc1c(Nc2ccc3c(ccn3C3CCN(S(C)(=O)=O)C3)c2)cnn(C)c1=O. The third-order valence-corrected chi connectivity index (χ3v) is 6.64. The lowest BCUT2D eigenvalue weighted by Crippen LogP contribution is -2.27. The van der Waals surface area contributed by atoms with Gasteiger partial charge in [-0.15, -0.1) is 0 Å². The highest BCUT2D eigenvalue weighted by Crippen LogP contribution is 2.30. The van der Waals surface area contributed by atoms with E-state index in [1.165, 1.54) is 15.2 Å². The maximum atomic E-state index is 12.0. The van der Waals surface area contributed by atoms with Crippen LogP contribution >= 0.6 is 0 Å². The van der Waals surface area contributed by atoms with Gasteiger partial charge >= 0.3 is 0 Å². The van der Waals surface area contributed by atoms with Gasteiger partial charge in [-0.2, -0.15) is 5.10 Å². The summed E-state index contributed by atoms with van der Waals surface area (Å²) in [6.07, 6.45) is 5.71. The fourth-order valence-corrected chi connectivity index (χ4v) is 4.61. The summed E-state index contributed by atoms with van der Waals surface area (Å²) in [5, 5.41) is 8.38. The van der Waals surface area contributed by atoms with Crippen LogP contribution in [-0.2, 0) is 17.1 Å². The highest BCUT2D eigenvalue weighted by molar-refractivity contribution is 7.88. The molecule has 9 heteroatoms. The van der Waals surface area contributed by atoms with Gasteiger partial charge in [-0.25, -0.2) is 17.4 Å². The Morgan fingerprint density at radius 3 is 2.75 bits per heavy atom. The van der Waals surface area contributed by atoms with Gasteiger partial charge in [-0.3, -0.25) is 4.79 Å². The molecule has 2 aromatic heterocycles. The lowest BCUT2D eigenvalue weighted by Gasteiger charge is -2.16. The minimum atomic E-state index is -3.16. The molecular weight excluding hydrogens is 378 g/mol. The van der Waals surface area contributed by atoms with Crippen LogP contribution in [0.2, 0.25) is 0 Å². The Hall–Kier alpha value is -2.65. The fraction of sp³-hybridized carbons (Fsp3) is 0.368. The summed E-state index contributed by atoms with van der Waals surface area (Å²) in [4.78, 5) is 12.0. The zero-order valence-corrected chi connectivity index (χ0v) is 16.9. The van der Waals surface area contributed by atoms with E-state index < -0.39 is 10.0 Å². The van der Waals surface area contributed by atoms with Crippen LogP contribution in [0.5, 0.6) is 0 Å². The van der Waals surface area contributed by atoms with Gasteiger partial charge in [0.05, 0.1) is 18.1 Å². The minimum absolute atomic E-state index is 0.131. The van der Waals surface area contributed by atoms with Gasteiger partial charge in [-0.05, 0) is 37.6 Å². The first-order chi connectivity index (χ1) is 13.2. The lowest BCUT2D eigenvalue weighted by molar-refractivity contribution is 0.460. The number of nitrogens with one attached hydrogen (secondary N) is 1. The van der Waals surface area contributed by atoms with E-state index >= 15 is 0 Å². The first kappa shape index (κ1) is 18.7. The van der Waals surface area contributed by atoms with Crippen molar-refractivity contribution in [1.29, 1.82) is 0 Å². The maximum Gasteiger partial charge on any atom is 0.271 e. The van der Waals surface area contributed by atoms with E-state index in [4.69, 9.17) is 0 Å². The van der Waals surface area contributed by atoms with Crippen molar-refractivity contribution in [2.24, 2.45) is 7.05 Å². The second-order valence-electron chi connectivity index (χ2n) is 7.30. The lowest BCUT2D eigenvalue weighted by atomic mass is 10.2. The van der Waals surface area contributed by atoms with Crippen molar-refractivity contribution in [3.63, 3.8) is 0 Å². The first-order valence-electron chi connectivity index (χ1n) is 9.09. The molecular formula is C19H23N5O3S. The van der Waals surface area contributed by atoms with E-state index in [0.717, 1.165) is 23.0 Å². The van der Waals surface area contributed by atoms with Gasteiger partial charge in [0.25, 0.3) is 5.56 Å². The molecule has 0 spiro atoms. The molecule has 0 amide bonds. The van der Waals surface area contributed by atoms with Crippen molar-refractivity contribution in [3.8, 4) is 0 Å². The smallest absolute Gasteiger partial charge is 0.271 e. The van der Waals surface area contributed by atoms with Gasteiger partial charge in [0, 0.05) is 54.5 Å². The number of sulfonamides is 1. The van der Waals surface area contributed by atoms with Crippen LogP contribution in [0.1, 0.15) is 18.0 Å². The molecule has 3 heterocycles. The van der Waals surface area contributed by atoms with Crippen molar-refractivity contribution in [1.82, 2.24) is 18.7 Å². The summed E-state index contributed by atoms with van der Waals surface area (Å²) in [7, 11) is -1.53. The molecule has 4 rings (SSSR count). The molecule has 1 atom stereocenters. The number of hydrogen-bond acceptors (Lipinski definition) is 5. The van der Waals surface area contributed by atoms with Crippen LogP contribution in [0.15, 0.2) is 41.5 Å². The highest BCUT2D eigenvalue weighted by atomic mass is 32.2. The number of benzene rings is 1. The zero-order chi connectivity index (χ0) is 20.1. The van der Waals surface area contributed by atoms with Crippen LogP contribution in [0.3, 0.4) is 0 Å². The summed E-state index contributed by atoms with van der Waals surface area (Å²) < 4.78 is 28.6. The topological polar surface area (TPSA) is 89.2 Å². The molecule has 1 aromatic carbocycles. The minimum Gasteiger partial charge on any atom is -0.354 e. The Balaban J connectivity index is 1.61. The van der Waals surface area contributed by atoms with E-state index in [0.29, 0.717) is 24.3 Å². The van der Waals surface area contributed by atoms with Crippen molar-refractivity contribution >= 4 is 32.3 Å². The number of hydrogen-bond donors (Lipinski definition) is 1.